The van der Waals surface area contributed by atoms with E-state index in [1.807, 2.05) is 153 Å². The van der Waals surface area contributed by atoms with Crippen LogP contribution in [0, 0.1) is 0 Å². The van der Waals surface area contributed by atoms with Crippen molar-refractivity contribution in [2.24, 2.45) is 0 Å². The van der Waals surface area contributed by atoms with Crippen LogP contribution in [-0.4, -0.2) is 164 Å². The van der Waals surface area contributed by atoms with Gasteiger partial charge in [-0.1, -0.05) is 146 Å². The zero-order valence-electron chi connectivity index (χ0n) is 75.7. The highest BCUT2D eigenvalue weighted by Crippen LogP contribution is 2.37. The second-order valence-electron chi connectivity index (χ2n) is 32.2. The quantitative estimate of drug-likeness (QED) is 0.0191. The van der Waals surface area contributed by atoms with E-state index >= 15 is 0 Å². The summed E-state index contributed by atoms with van der Waals surface area (Å²) in [5.74, 6) is 0.198. The summed E-state index contributed by atoms with van der Waals surface area (Å²) in [6.45, 7) is 18.3. The number of hydrogen-bond acceptors (Lipinski definition) is 24. The Bertz CT molecular complexity index is 5730. The molecule has 686 valence electrons. The summed E-state index contributed by atoms with van der Waals surface area (Å²) >= 11 is 0. The average Bonchev–Trinajstić information content (AvgIpc) is 1.59. The number of fused-ring (bicyclic) bond motifs is 4. The number of H-pyrrole nitrogens is 1. The van der Waals surface area contributed by atoms with E-state index in [-0.39, 0.29) is 51.0 Å². The minimum Gasteiger partial charge on any atom is -0.496 e. The van der Waals surface area contributed by atoms with Crippen molar-refractivity contribution in [2.45, 2.75) is 150 Å². The highest BCUT2D eigenvalue weighted by atomic mass is 16.6. The third kappa shape index (κ3) is 28.4. The van der Waals surface area contributed by atoms with Crippen molar-refractivity contribution in [3.8, 4) is 23.0 Å². The molecule has 0 saturated carbocycles. The molecule has 8 aromatic carbocycles. The van der Waals surface area contributed by atoms with E-state index in [4.69, 9.17) is 66.3 Å². The fourth-order valence-electron chi connectivity index (χ4n) is 13.4. The van der Waals surface area contributed by atoms with Gasteiger partial charge >= 0.3 is 60.6 Å². The predicted molar refractivity (Wildman–Crippen MR) is 486 cm³/mol. The number of nitrogens with zero attached hydrogens (tertiary/aromatic N) is 3. The number of carbonyl (C=O) groups is 10. The van der Waals surface area contributed by atoms with Gasteiger partial charge in [0.1, 0.15) is 84.0 Å². The van der Waals surface area contributed by atoms with Crippen LogP contribution in [0.3, 0.4) is 0 Å². The lowest BCUT2D eigenvalue weighted by molar-refractivity contribution is -0.143. The van der Waals surface area contributed by atoms with E-state index < -0.39 is 89.4 Å². The number of esters is 3. The van der Waals surface area contributed by atoms with Crippen molar-refractivity contribution in [2.75, 3.05) is 49.8 Å². The molecule has 12 aromatic rings. The number of rotatable bonds is 26. The number of carbonyl (C=O) groups excluding carboxylic acids is 10. The van der Waals surface area contributed by atoms with Gasteiger partial charge in [0.2, 0.25) is 0 Å². The topological polar surface area (TPSA) is 379 Å². The molecule has 0 aliphatic carbocycles. The van der Waals surface area contributed by atoms with Crippen molar-refractivity contribution in [1.82, 2.24) is 40.0 Å². The molecule has 0 bridgehead atoms. The molecule has 32 heteroatoms. The van der Waals surface area contributed by atoms with Crippen LogP contribution < -0.4 is 40.2 Å². The normalized spacial score (nSPS) is 11.9. The standard InChI is InChI=1S/2C26H30N2O7.C26H28N2O7.C20H22N2O3/c3*1-26(2,3)35-25(31)28-15-18(22-20(28)12-9-13-21(22)32-4)14-19(23(29)33-5)27-24(30)34-16-17-10-7-6-8-11-17;1-14(22-20(23)25-13-15-7-4-3-5-8-15)11-16-12-21-17-9-6-10-18(24-2)19(16)17/h2*6-13,15,19H,14,16H2,1-5H3,(H,27,30);6-15H,16H2,1-5H3,(H,27,30);3-10,12,14,21H,11,13H2,1-2H3,(H,22,23)/b;;19-14+;/t2*19-;;14-/m00.1/s1. The van der Waals surface area contributed by atoms with Gasteiger partial charge in [0.25, 0.3) is 0 Å². The second kappa shape index (κ2) is 46.3. The summed E-state index contributed by atoms with van der Waals surface area (Å²) in [7, 11) is 9.84. The fourth-order valence-corrected chi connectivity index (χ4v) is 13.4. The lowest BCUT2D eigenvalue weighted by Crippen LogP contribution is -2.43. The van der Waals surface area contributed by atoms with Crippen LogP contribution in [-0.2, 0) is 107 Å². The van der Waals surface area contributed by atoms with Crippen molar-refractivity contribution in [3.63, 3.8) is 0 Å². The van der Waals surface area contributed by atoms with Crippen molar-refractivity contribution in [3.05, 3.63) is 269 Å². The molecule has 12 rings (SSSR count). The minimum absolute atomic E-state index is 0.0207. The average molecular weight is 1780 g/mol. The Morgan fingerprint density at radius 2 is 0.692 bits per heavy atom. The van der Waals surface area contributed by atoms with Gasteiger partial charge in [0.15, 0.2) is 0 Å². The third-order valence-electron chi connectivity index (χ3n) is 19.0. The Labute approximate surface area is 752 Å². The van der Waals surface area contributed by atoms with Crippen molar-refractivity contribution >= 4 is 110 Å². The van der Waals surface area contributed by atoms with Crippen LogP contribution in [0.4, 0.5) is 33.6 Å². The number of aromatic amines is 1. The first-order chi connectivity index (χ1) is 62.0. The molecule has 0 aliphatic heterocycles. The maximum atomic E-state index is 12.9. The van der Waals surface area contributed by atoms with Gasteiger partial charge in [-0.15, -0.1) is 0 Å². The van der Waals surface area contributed by atoms with Gasteiger partial charge in [0.05, 0.1) is 66.3 Å². The molecule has 4 aromatic heterocycles. The number of alkyl carbamates (subject to hydrolysis) is 4. The number of hydrogen-bond donors (Lipinski definition) is 5. The Hall–Kier alpha value is -15.2. The van der Waals surface area contributed by atoms with Crippen molar-refractivity contribution in [1.29, 1.82) is 0 Å². The first kappa shape index (κ1) is 98.5. The lowest BCUT2D eigenvalue weighted by Gasteiger charge is -2.19. The van der Waals surface area contributed by atoms with E-state index in [0.29, 0.717) is 73.1 Å². The number of methoxy groups -OCH3 is 7. The molecule has 4 amide bonds. The summed E-state index contributed by atoms with van der Waals surface area (Å²) in [5.41, 5.74) is 6.37. The van der Waals surface area contributed by atoms with Crippen LogP contribution >= 0.6 is 0 Å². The summed E-state index contributed by atoms with van der Waals surface area (Å²) < 4.78 is 78.2. The van der Waals surface area contributed by atoms with Gasteiger partial charge in [-0.2, -0.15) is 0 Å². The first-order valence-corrected chi connectivity index (χ1v) is 41.2. The Kier molecular flexibility index (Phi) is 35.1. The fraction of sp³-hybridized carbons (Fsp3) is 0.306. The molecule has 5 N–H and O–H groups in total. The number of ether oxygens (including phenoxy) is 14. The molecule has 3 atom stereocenters. The van der Waals surface area contributed by atoms with Crippen LogP contribution in [0.1, 0.15) is 114 Å². The molecule has 4 heterocycles. The SMILES string of the molecule is COC(=O)/C(=C\c1cn(C(=O)OC(C)(C)C)c2cccc(OC)c12)NC(=O)OCc1ccccc1.COC(=O)[C@H](Cc1cn(C(=O)OC(C)(C)C)c2cccc(OC)c12)NC(=O)OCc1ccccc1.COC(=O)[C@H](Cc1cn(C(=O)OC(C)(C)C)c2cccc(OC)c12)NC(=O)OCc1ccccc1.COc1cccc2[nH]cc(C[C@@H](C)NC(=O)OCc3ccccc3)c12. The number of aromatic nitrogens is 4. The molecule has 0 saturated heterocycles. The Morgan fingerprint density at radius 1 is 0.362 bits per heavy atom. The van der Waals surface area contributed by atoms with Crippen LogP contribution in [0.25, 0.3) is 49.7 Å². The Balaban J connectivity index is 0.000000197. The summed E-state index contributed by atoms with van der Waals surface area (Å²) in [6.07, 6.45) is 4.19. The summed E-state index contributed by atoms with van der Waals surface area (Å²) in [4.78, 5) is 129. The maximum Gasteiger partial charge on any atom is 0.419 e. The molecule has 0 fully saturated rings. The third-order valence-corrected chi connectivity index (χ3v) is 19.0. The molecule has 130 heavy (non-hydrogen) atoms. The molecule has 0 spiro atoms. The smallest absolute Gasteiger partial charge is 0.419 e. The number of nitrogens with one attached hydrogen (secondary N) is 5. The van der Waals surface area contributed by atoms with Crippen LogP contribution in [0.2, 0.25) is 0 Å². The predicted octanol–water partition coefficient (Wildman–Crippen LogP) is 17.8. The van der Waals surface area contributed by atoms with E-state index in [2.05, 4.69) is 26.3 Å². The van der Waals surface area contributed by atoms with E-state index in [0.717, 1.165) is 44.5 Å². The van der Waals surface area contributed by atoms with Gasteiger partial charge in [0, 0.05) is 76.3 Å². The van der Waals surface area contributed by atoms with Gasteiger partial charge < -0.3 is 87.3 Å². The zero-order valence-corrected chi connectivity index (χ0v) is 75.7. The molecule has 32 nitrogen and oxygen atoms in total. The first-order valence-electron chi connectivity index (χ1n) is 41.2. The van der Waals surface area contributed by atoms with Gasteiger partial charge in [-0.25, -0.2) is 47.9 Å². The molecular formula is C98H110N8O24. The highest BCUT2D eigenvalue weighted by molar-refractivity contribution is 6.04. The van der Waals surface area contributed by atoms with E-state index in [1.54, 1.807) is 136 Å². The number of benzene rings is 8. The molecule has 0 radical (unpaired) electrons. The van der Waals surface area contributed by atoms with Crippen LogP contribution in [0.15, 0.2) is 225 Å². The van der Waals surface area contributed by atoms with Crippen LogP contribution in [0.5, 0.6) is 23.0 Å². The molecule has 0 unspecified atom stereocenters. The van der Waals surface area contributed by atoms with Crippen molar-refractivity contribution < 1.29 is 114 Å². The summed E-state index contributed by atoms with van der Waals surface area (Å²) in [5, 5.41) is 13.3. The Morgan fingerprint density at radius 3 is 1.05 bits per heavy atom. The molecule has 0 aliphatic rings. The zero-order chi connectivity index (χ0) is 94.4. The lowest BCUT2D eigenvalue weighted by atomic mass is 10.0. The maximum absolute atomic E-state index is 12.9. The molecular weight excluding hydrogens is 1670 g/mol. The second-order valence-corrected chi connectivity index (χ2v) is 32.2. The van der Waals surface area contributed by atoms with Gasteiger partial charge in [-0.05, 0) is 169 Å². The number of amides is 4. The monoisotopic (exact) mass is 1780 g/mol. The summed E-state index contributed by atoms with van der Waals surface area (Å²) in [6, 6.07) is 56.5. The largest absolute Gasteiger partial charge is 0.496 e. The van der Waals surface area contributed by atoms with E-state index in [1.165, 1.54) is 68.6 Å². The minimum atomic E-state index is -1.06. The highest BCUT2D eigenvalue weighted by Gasteiger charge is 2.32. The van der Waals surface area contributed by atoms with Gasteiger partial charge in [-0.3, -0.25) is 19.0 Å². The van der Waals surface area contributed by atoms with E-state index in [9.17, 15) is 47.9 Å².